The summed E-state index contributed by atoms with van der Waals surface area (Å²) in [7, 11) is 1.44. The summed E-state index contributed by atoms with van der Waals surface area (Å²) in [6, 6.07) is 4.83. The number of thioether (sulfide) groups is 1. The molecule has 3 rings (SSSR count). The van der Waals surface area contributed by atoms with Crippen LogP contribution in [0, 0.1) is 0 Å². The zero-order chi connectivity index (χ0) is 19.6. The Hall–Kier alpha value is -2.48. The molecule has 0 aliphatic carbocycles. The van der Waals surface area contributed by atoms with Gasteiger partial charge in [0.15, 0.2) is 11.5 Å². The molecule has 27 heavy (non-hydrogen) atoms. The van der Waals surface area contributed by atoms with Gasteiger partial charge in [-0.1, -0.05) is 6.07 Å². The molecule has 8 heteroatoms. The van der Waals surface area contributed by atoms with E-state index < -0.39 is 11.1 Å². The molecular weight excluding hydrogens is 368 g/mol. The van der Waals surface area contributed by atoms with Gasteiger partial charge in [-0.05, 0) is 61.7 Å². The Labute approximate surface area is 162 Å². The van der Waals surface area contributed by atoms with E-state index in [-0.39, 0.29) is 29.1 Å². The number of rotatable bonds is 4. The highest BCUT2D eigenvalue weighted by Gasteiger charge is 2.37. The Kier molecular flexibility index (Phi) is 5.74. The van der Waals surface area contributed by atoms with Gasteiger partial charge in [-0.2, -0.15) is 0 Å². The van der Waals surface area contributed by atoms with Crippen LogP contribution in [-0.4, -0.2) is 58.2 Å². The van der Waals surface area contributed by atoms with E-state index in [0.717, 1.165) is 35.9 Å². The molecule has 2 fully saturated rings. The van der Waals surface area contributed by atoms with Crippen LogP contribution in [0.2, 0.25) is 0 Å². The number of piperidine rings is 1. The van der Waals surface area contributed by atoms with Crippen molar-refractivity contribution >= 4 is 34.9 Å². The van der Waals surface area contributed by atoms with Crippen LogP contribution in [0.25, 0.3) is 6.08 Å². The van der Waals surface area contributed by atoms with Crippen molar-refractivity contribution < 1.29 is 24.2 Å². The molecule has 1 aromatic rings. The maximum absolute atomic E-state index is 12.6. The number of phenols is 1. The first kappa shape index (κ1) is 19.3. The van der Waals surface area contributed by atoms with Crippen LogP contribution < -0.4 is 4.74 Å². The highest BCUT2D eigenvalue weighted by molar-refractivity contribution is 8.18. The Morgan fingerprint density at radius 3 is 2.81 bits per heavy atom. The Balaban J connectivity index is 1.73. The molecule has 1 atom stereocenters. The van der Waals surface area contributed by atoms with Crippen LogP contribution in [0.4, 0.5) is 4.79 Å². The van der Waals surface area contributed by atoms with Crippen molar-refractivity contribution in [2.24, 2.45) is 0 Å². The lowest BCUT2D eigenvalue weighted by atomic mass is 10.0. The molecule has 0 unspecified atom stereocenters. The third-order valence-corrected chi connectivity index (χ3v) is 5.70. The molecule has 0 aromatic heterocycles. The quantitative estimate of drug-likeness (QED) is 0.796. The Morgan fingerprint density at radius 1 is 1.37 bits per heavy atom. The number of ether oxygens (including phenoxy) is 1. The third kappa shape index (κ3) is 4.10. The van der Waals surface area contributed by atoms with Crippen molar-refractivity contribution in [3.8, 4) is 11.5 Å². The monoisotopic (exact) mass is 390 g/mol. The summed E-state index contributed by atoms with van der Waals surface area (Å²) in [5, 5.41) is 9.39. The number of phenolic OH excluding ortho intramolecular Hbond substituents is 1. The number of imide groups is 1. The first-order chi connectivity index (χ1) is 12.9. The first-order valence-corrected chi connectivity index (χ1v) is 9.64. The number of nitrogens with zero attached hydrogens (tertiary/aromatic N) is 2. The summed E-state index contributed by atoms with van der Waals surface area (Å²) in [4.78, 5) is 40.3. The Bertz CT molecular complexity index is 807. The molecule has 2 heterocycles. The molecule has 0 spiro atoms. The van der Waals surface area contributed by atoms with Crippen LogP contribution in [0.5, 0.6) is 11.5 Å². The fourth-order valence-corrected chi connectivity index (χ4v) is 4.12. The number of benzene rings is 1. The maximum atomic E-state index is 12.6. The molecule has 7 nitrogen and oxygen atoms in total. The van der Waals surface area contributed by atoms with Gasteiger partial charge in [0, 0.05) is 12.6 Å². The lowest BCUT2D eigenvalue weighted by Gasteiger charge is -2.34. The lowest BCUT2D eigenvalue weighted by molar-refractivity contribution is -0.138. The van der Waals surface area contributed by atoms with Crippen molar-refractivity contribution in [2.75, 3.05) is 20.2 Å². The van der Waals surface area contributed by atoms with E-state index in [4.69, 9.17) is 4.74 Å². The van der Waals surface area contributed by atoms with Crippen LogP contribution in [0.3, 0.4) is 0 Å². The van der Waals surface area contributed by atoms with Crippen molar-refractivity contribution in [3.05, 3.63) is 28.7 Å². The van der Waals surface area contributed by atoms with Crippen molar-refractivity contribution in [3.63, 3.8) is 0 Å². The Morgan fingerprint density at radius 2 is 2.15 bits per heavy atom. The highest BCUT2D eigenvalue weighted by atomic mass is 32.2. The summed E-state index contributed by atoms with van der Waals surface area (Å²) in [6.07, 6.45) is 4.50. The molecule has 1 aromatic carbocycles. The van der Waals surface area contributed by atoms with Crippen LogP contribution in [0.1, 0.15) is 31.7 Å². The van der Waals surface area contributed by atoms with Crippen molar-refractivity contribution in [1.29, 1.82) is 0 Å². The van der Waals surface area contributed by atoms with Gasteiger partial charge in [0.05, 0.1) is 12.0 Å². The minimum Gasteiger partial charge on any atom is -0.504 e. The molecule has 0 radical (unpaired) electrons. The topological polar surface area (TPSA) is 87.2 Å². The largest absolute Gasteiger partial charge is 0.504 e. The van der Waals surface area contributed by atoms with Gasteiger partial charge in [-0.3, -0.25) is 19.3 Å². The summed E-state index contributed by atoms with van der Waals surface area (Å²) in [6.45, 7) is 2.41. The number of carbonyl (C=O) groups excluding carboxylic acids is 3. The normalized spacial score (nSPS) is 21.9. The number of hydrogen-bond acceptors (Lipinski definition) is 6. The lowest BCUT2D eigenvalue weighted by Crippen LogP contribution is -2.47. The molecule has 1 N–H and O–H groups in total. The van der Waals surface area contributed by atoms with Crippen LogP contribution in [0.15, 0.2) is 23.1 Å². The fourth-order valence-electron chi connectivity index (χ4n) is 3.28. The van der Waals surface area contributed by atoms with Gasteiger partial charge in [-0.25, -0.2) is 0 Å². The van der Waals surface area contributed by atoms with E-state index >= 15 is 0 Å². The average molecular weight is 390 g/mol. The van der Waals surface area contributed by atoms with Gasteiger partial charge in [0.2, 0.25) is 5.91 Å². The van der Waals surface area contributed by atoms with Crippen LogP contribution >= 0.6 is 11.8 Å². The molecule has 144 valence electrons. The second-order valence-corrected chi connectivity index (χ2v) is 7.62. The molecule has 2 aliphatic heterocycles. The predicted molar refractivity (Wildman–Crippen MR) is 102 cm³/mol. The zero-order valence-corrected chi connectivity index (χ0v) is 16.1. The fraction of sp³-hybridized carbons (Fsp3) is 0.421. The number of amides is 3. The van der Waals surface area contributed by atoms with Gasteiger partial charge in [0.1, 0.15) is 6.54 Å². The standard InChI is InChI=1S/C19H22N2O5S/c1-12-5-3-4-8-20(12)17(23)11-21-18(24)16(27-19(21)25)10-13-6-7-15(26-2)14(22)9-13/h6-7,9-10,12,22H,3-5,8,11H2,1-2H3/b16-10-/t12-/m1/s1. The van der Waals surface area contributed by atoms with E-state index in [0.29, 0.717) is 17.9 Å². The van der Waals surface area contributed by atoms with E-state index in [1.54, 1.807) is 17.0 Å². The molecule has 2 aliphatic rings. The molecular formula is C19H22N2O5S. The second kappa shape index (κ2) is 8.04. The minimum atomic E-state index is -0.488. The smallest absolute Gasteiger partial charge is 0.294 e. The van der Waals surface area contributed by atoms with E-state index in [9.17, 15) is 19.5 Å². The number of likely N-dealkylation sites (tertiary alicyclic amines) is 1. The van der Waals surface area contributed by atoms with Crippen molar-refractivity contribution in [2.45, 2.75) is 32.2 Å². The maximum Gasteiger partial charge on any atom is 0.294 e. The number of carbonyl (C=O) groups is 3. The average Bonchev–Trinajstić information content (AvgIpc) is 2.89. The summed E-state index contributed by atoms with van der Waals surface area (Å²) in [5.41, 5.74) is 0.565. The second-order valence-electron chi connectivity index (χ2n) is 6.63. The number of aromatic hydroxyl groups is 1. The van der Waals surface area contributed by atoms with Gasteiger partial charge in [-0.15, -0.1) is 0 Å². The zero-order valence-electron chi connectivity index (χ0n) is 15.3. The van der Waals surface area contributed by atoms with Gasteiger partial charge in [0.25, 0.3) is 11.1 Å². The molecule has 2 saturated heterocycles. The predicted octanol–water partition coefficient (Wildman–Crippen LogP) is 2.84. The number of hydrogen-bond donors (Lipinski definition) is 1. The molecule has 0 saturated carbocycles. The highest BCUT2D eigenvalue weighted by Crippen LogP contribution is 2.34. The van der Waals surface area contributed by atoms with Gasteiger partial charge < -0.3 is 14.7 Å². The molecule has 0 bridgehead atoms. The van der Waals surface area contributed by atoms with E-state index in [1.165, 1.54) is 19.3 Å². The third-order valence-electron chi connectivity index (χ3n) is 4.79. The van der Waals surface area contributed by atoms with E-state index in [2.05, 4.69) is 0 Å². The minimum absolute atomic E-state index is 0.0558. The van der Waals surface area contributed by atoms with E-state index in [1.807, 2.05) is 6.92 Å². The summed E-state index contributed by atoms with van der Waals surface area (Å²) in [5.74, 6) is -0.424. The molecule has 3 amide bonds. The summed E-state index contributed by atoms with van der Waals surface area (Å²) >= 11 is 0.797. The van der Waals surface area contributed by atoms with Crippen LogP contribution in [-0.2, 0) is 9.59 Å². The van der Waals surface area contributed by atoms with Gasteiger partial charge >= 0.3 is 0 Å². The first-order valence-electron chi connectivity index (χ1n) is 8.82. The van der Waals surface area contributed by atoms with Crippen molar-refractivity contribution in [1.82, 2.24) is 9.80 Å². The SMILES string of the molecule is COc1ccc(/C=C2\SC(=O)N(CC(=O)N3CCCC[C@H]3C)C2=O)cc1O. The number of methoxy groups -OCH3 is 1. The summed E-state index contributed by atoms with van der Waals surface area (Å²) < 4.78 is 4.99.